The van der Waals surface area contributed by atoms with E-state index < -0.39 is 0 Å². The lowest BCUT2D eigenvalue weighted by atomic mass is 10.2. The van der Waals surface area contributed by atoms with E-state index in [-0.39, 0.29) is 12.4 Å². The number of halogens is 1. The Morgan fingerprint density at radius 3 is 2.30 bits per heavy atom. The van der Waals surface area contributed by atoms with E-state index in [0.29, 0.717) is 5.56 Å². The number of nitrogen functional groups attached to an aromatic ring is 1. The smallest absolute Gasteiger partial charge is 0.275 e. The maximum Gasteiger partial charge on any atom is 0.275 e. The number of nitriles is 1. The van der Waals surface area contributed by atoms with Crippen LogP contribution in [0.2, 0.25) is 0 Å². The minimum Gasteiger partial charge on any atom is -1.00 e. The van der Waals surface area contributed by atoms with Crippen molar-refractivity contribution in [2.24, 2.45) is 0 Å². The van der Waals surface area contributed by atoms with Gasteiger partial charge in [-0.05, 0) is 43.2 Å². The molecule has 4 nitrogen and oxygen atoms in total. The third-order valence-corrected chi connectivity index (χ3v) is 6.11. The van der Waals surface area contributed by atoms with Gasteiger partial charge in [0.05, 0.1) is 18.3 Å². The van der Waals surface area contributed by atoms with Crippen LogP contribution >= 0.6 is 11.8 Å². The number of hydrogen-bond donors (Lipinski definition) is 2. The Balaban J connectivity index is 0.00000450. The number of anilines is 2. The van der Waals surface area contributed by atoms with Gasteiger partial charge in [0.1, 0.15) is 11.6 Å². The van der Waals surface area contributed by atoms with Gasteiger partial charge in [-0.1, -0.05) is 64.2 Å². The summed E-state index contributed by atoms with van der Waals surface area (Å²) in [5.41, 5.74) is 8.01. The van der Waals surface area contributed by atoms with Crippen molar-refractivity contribution in [2.75, 3.05) is 17.6 Å². The first-order valence-electron chi connectivity index (χ1n) is 10.9. The molecule has 0 amide bonds. The summed E-state index contributed by atoms with van der Waals surface area (Å²) in [6.45, 7) is 6.13. The van der Waals surface area contributed by atoms with Gasteiger partial charge in [-0.3, -0.25) is 5.73 Å². The normalized spacial score (nSPS) is 10.3. The first-order chi connectivity index (χ1) is 14.2. The minimum atomic E-state index is 0. The Bertz CT molecular complexity index is 790. The molecule has 1 aromatic carbocycles. The quantitative estimate of drug-likeness (QED) is 0.366. The molecule has 0 fully saturated rings. The topological polar surface area (TPSA) is 65.7 Å². The van der Waals surface area contributed by atoms with Gasteiger partial charge in [-0.15, -0.1) is 0 Å². The van der Waals surface area contributed by atoms with Crippen LogP contribution in [-0.4, -0.2) is 6.54 Å². The molecule has 3 N–H and O–H groups in total. The summed E-state index contributed by atoms with van der Waals surface area (Å²) in [5.74, 6) is 0.718. The van der Waals surface area contributed by atoms with Gasteiger partial charge in [-0.2, -0.15) is 5.26 Å². The molecule has 0 spiro atoms. The van der Waals surface area contributed by atoms with Crippen LogP contribution in [0.25, 0.3) is 0 Å². The Hall–Kier alpha value is -1.90. The predicted molar refractivity (Wildman–Crippen MR) is 123 cm³/mol. The van der Waals surface area contributed by atoms with Crippen LogP contribution in [0, 0.1) is 11.3 Å². The number of aromatic nitrogens is 1. The second kappa shape index (κ2) is 15.0. The van der Waals surface area contributed by atoms with E-state index in [1.807, 2.05) is 24.3 Å². The van der Waals surface area contributed by atoms with Crippen molar-refractivity contribution < 1.29 is 17.0 Å². The van der Waals surface area contributed by atoms with E-state index in [0.717, 1.165) is 47.4 Å². The molecule has 6 heteroatoms. The van der Waals surface area contributed by atoms with Crippen molar-refractivity contribution in [1.29, 1.82) is 5.26 Å². The lowest BCUT2D eigenvalue weighted by Crippen LogP contribution is -3.00. The number of hydrogen-bond acceptors (Lipinski definition) is 4. The maximum absolute atomic E-state index is 9.99. The van der Waals surface area contributed by atoms with E-state index in [2.05, 4.69) is 41.9 Å². The molecule has 0 aliphatic heterocycles. The molecular formula is C24H35ClN4S. The Kier molecular flexibility index (Phi) is 13.1. The van der Waals surface area contributed by atoms with Gasteiger partial charge in [0.25, 0.3) is 5.82 Å². The highest BCUT2D eigenvalue weighted by molar-refractivity contribution is 7.99. The summed E-state index contributed by atoms with van der Waals surface area (Å²) >= 11 is 1.63. The van der Waals surface area contributed by atoms with Crippen LogP contribution in [0.15, 0.2) is 46.3 Å². The third-order valence-electron chi connectivity index (χ3n) is 4.98. The zero-order chi connectivity index (χ0) is 20.9. The average Bonchev–Trinajstić information content (AvgIpc) is 2.73. The van der Waals surface area contributed by atoms with Crippen LogP contribution in [0.4, 0.5) is 11.5 Å². The number of rotatable bonds is 13. The Morgan fingerprint density at radius 1 is 1.00 bits per heavy atom. The van der Waals surface area contributed by atoms with Gasteiger partial charge in [-0.25, -0.2) is 4.57 Å². The van der Waals surface area contributed by atoms with Crippen LogP contribution < -0.4 is 28.0 Å². The average molecular weight is 447 g/mol. The zero-order valence-corrected chi connectivity index (χ0v) is 19.9. The fourth-order valence-electron chi connectivity index (χ4n) is 3.32. The van der Waals surface area contributed by atoms with Crippen molar-refractivity contribution in [1.82, 2.24) is 0 Å². The van der Waals surface area contributed by atoms with E-state index in [4.69, 9.17) is 5.73 Å². The molecule has 1 heterocycles. The molecule has 0 radical (unpaired) electrons. The molecule has 1 aromatic heterocycles. The molecule has 30 heavy (non-hydrogen) atoms. The van der Waals surface area contributed by atoms with Gasteiger partial charge >= 0.3 is 0 Å². The third kappa shape index (κ3) is 8.08. The van der Waals surface area contributed by atoms with Crippen LogP contribution in [0.5, 0.6) is 0 Å². The van der Waals surface area contributed by atoms with Crippen molar-refractivity contribution in [3.8, 4) is 6.07 Å². The molecule has 0 saturated heterocycles. The van der Waals surface area contributed by atoms with E-state index in [1.165, 1.54) is 38.5 Å². The second-order valence-corrected chi connectivity index (χ2v) is 8.45. The van der Waals surface area contributed by atoms with Gasteiger partial charge in [0.2, 0.25) is 0 Å². The standard InChI is InChI=1S/C24H34N4S.ClH/c1-3-5-7-12-16-27-22-18-23(26)28(17-13-8-6-4-2)24(21(22)19-25)29-20-14-10-9-11-15-20;/h9-11,14-15,18H,3-8,12-13,16-17H2,1-2H3,(H2,26,27);1H. The molecule has 0 aliphatic carbocycles. The fraction of sp³-hybridized carbons (Fsp3) is 0.500. The van der Waals surface area contributed by atoms with Crippen LogP contribution in [0.1, 0.15) is 70.8 Å². The lowest BCUT2D eigenvalue weighted by Gasteiger charge is -2.15. The molecule has 2 aromatic rings. The molecule has 164 valence electrons. The Morgan fingerprint density at radius 2 is 1.67 bits per heavy atom. The number of benzene rings is 1. The van der Waals surface area contributed by atoms with Crippen molar-refractivity contribution >= 4 is 23.3 Å². The summed E-state index contributed by atoms with van der Waals surface area (Å²) in [7, 11) is 0. The molecule has 0 unspecified atom stereocenters. The van der Waals surface area contributed by atoms with Crippen molar-refractivity contribution in [2.45, 2.75) is 81.7 Å². The molecular weight excluding hydrogens is 412 g/mol. The number of nitrogens with one attached hydrogen (secondary N) is 1. The number of unbranched alkanes of at least 4 members (excludes halogenated alkanes) is 6. The maximum atomic E-state index is 9.99. The zero-order valence-electron chi connectivity index (χ0n) is 18.3. The van der Waals surface area contributed by atoms with E-state index in [9.17, 15) is 5.26 Å². The Labute approximate surface area is 192 Å². The SMILES string of the molecule is CCCCCCNc1cc(N)[n+](CCCCCC)c(Sc2ccccc2)c1C#N.[Cl-]. The van der Waals surface area contributed by atoms with E-state index in [1.54, 1.807) is 11.8 Å². The monoisotopic (exact) mass is 446 g/mol. The molecule has 0 aliphatic rings. The minimum absolute atomic E-state index is 0. The highest BCUT2D eigenvalue weighted by Crippen LogP contribution is 2.32. The van der Waals surface area contributed by atoms with Gasteiger partial charge in [0, 0.05) is 11.4 Å². The molecule has 0 atom stereocenters. The summed E-state index contributed by atoms with van der Waals surface area (Å²) in [6, 6.07) is 14.6. The highest BCUT2D eigenvalue weighted by atomic mass is 35.5. The molecule has 0 saturated carbocycles. The van der Waals surface area contributed by atoms with Gasteiger partial charge < -0.3 is 17.7 Å². The summed E-state index contributed by atoms with van der Waals surface area (Å²) in [4.78, 5) is 1.12. The van der Waals surface area contributed by atoms with Gasteiger partial charge in [0.15, 0.2) is 5.03 Å². The number of nitrogens with two attached hydrogens (primary N) is 1. The van der Waals surface area contributed by atoms with Crippen LogP contribution in [-0.2, 0) is 6.54 Å². The first kappa shape index (κ1) is 26.1. The second-order valence-electron chi connectivity index (χ2n) is 7.39. The van der Waals surface area contributed by atoms with E-state index >= 15 is 0 Å². The summed E-state index contributed by atoms with van der Waals surface area (Å²) in [5, 5.41) is 14.4. The highest BCUT2D eigenvalue weighted by Gasteiger charge is 2.22. The molecule has 0 bridgehead atoms. The number of nitrogens with zero attached hydrogens (tertiary/aromatic N) is 2. The summed E-state index contributed by atoms with van der Waals surface area (Å²) in [6.07, 6.45) is 9.45. The van der Waals surface area contributed by atoms with Crippen molar-refractivity contribution in [3.05, 3.63) is 42.0 Å². The van der Waals surface area contributed by atoms with Crippen molar-refractivity contribution in [3.63, 3.8) is 0 Å². The van der Waals surface area contributed by atoms with Crippen LogP contribution in [0.3, 0.4) is 0 Å². The summed E-state index contributed by atoms with van der Waals surface area (Å²) < 4.78 is 2.12. The first-order valence-corrected chi connectivity index (χ1v) is 11.8. The number of pyridine rings is 1. The largest absolute Gasteiger partial charge is 1.00 e. The lowest BCUT2D eigenvalue weighted by molar-refractivity contribution is -0.719. The predicted octanol–water partition coefficient (Wildman–Crippen LogP) is 3.16. The fourth-order valence-corrected chi connectivity index (χ4v) is 4.40. The molecule has 2 rings (SSSR count).